The number of para-hydroxylation sites is 2. The first-order chi connectivity index (χ1) is 27.8. The number of nitrogens with zero attached hydrogens (tertiary/aromatic N) is 2. The standard InChI is InChI=1S/C54H36N2/c1-3-12-37(13-4-1)38-24-29-43(30-25-38)55(45-33-35-53-51(36-45)49-18-9-10-21-52(49)56(53)42-15-5-2-6-16-42)44-31-26-40(27-32-44)46-19-11-20-50-48(46)34-28-41-23-22-39-14-7-8-17-47(39)54(41)50/h1-36H. The van der Waals surface area contributed by atoms with E-state index in [2.05, 4.69) is 228 Å². The lowest BCUT2D eigenvalue weighted by atomic mass is 9.92. The van der Waals surface area contributed by atoms with Crippen LogP contribution in [-0.4, -0.2) is 4.57 Å². The average Bonchev–Trinajstić information content (AvgIpc) is 3.61. The summed E-state index contributed by atoms with van der Waals surface area (Å²) in [7, 11) is 0. The quantitative estimate of drug-likeness (QED) is 0.156. The van der Waals surface area contributed by atoms with E-state index in [1.54, 1.807) is 0 Å². The van der Waals surface area contributed by atoms with E-state index < -0.39 is 0 Å². The lowest BCUT2D eigenvalue weighted by molar-refractivity contribution is 1.18. The van der Waals surface area contributed by atoms with E-state index in [4.69, 9.17) is 0 Å². The van der Waals surface area contributed by atoms with Crippen LogP contribution in [0.25, 0.3) is 82.1 Å². The Morgan fingerprint density at radius 2 is 0.875 bits per heavy atom. The SMILES string of the molecule is c1ccc(-c2ccc(N(c3ccc(-c4cccc5c4ccc4ccc6ccccc6c45)cc3)c3ccc4c(c3)c3ccccc3n4-c3ccccc3)cc2)cc1. The average molecular weight is 713 g/mol. The van der Waals surface area contributed by atoms with Gasteiger partial charge in [0.2, 0.25) is 0 Å². The van der Waals surface area contributed by atoms with Gasteiger partial charge in [0.15, 0.2) is 0 Å². The smallest absolute Gasteiger partial charge is 0.0542 e. The number of anilines is 3. The van der Waals surface area contributed by atoms with Gasteiger partial charge in [-0.1, -0.05) is 158 Å². The summed E-state index contributed by atoms with van der Waals surface area (Å²) in [6.07, 6.45) is 0. The van der Waals surface area contributed by atoms with E-state index in [1.807, 2.05) is 0 Å². The lowest BCUT2D eigenvalue weighted by Crippen LogP contribution is -2.10. The van der Waals surface area contributed by atoms with E-state index in [-0.39, 0.29) is 0 Å². The predicted octanol–water partition coefficient (Wildman–Crippen LogP) is 15.0. The molecule has 10 aromatic carbocycles. The predicted molar refractivity (Wildman–Crippen MR) is 239 cm³/mol. The zero-order valence-corrected chi connectivity index (χ0v) is 30.7. The van der Waals surface area contributed by atoms with Crippen LogP contribution in [0.15, 0.2) is 218 Å². The number of hydrogen-bond donors (Lipinski definition) is 0. The molecule has 1 heterocycles. The third-order valence-corrected chi connectivity index (χ3v) is 11.4. The third kappa shape index (κ3) is 5.26. The van der Waals surface area contributed by atoms with Crippen molar-refractivity contribution < 1.29 is 0 Å². The molecule has 0 unspecified atom stereocenters. The van der Waals surface area contributed by atoms with Crippen molar-refractivity contribution in [2.24, 2.45) is 0 Å². The summed E-state index contributed by atoms with van der Waals surface area (Å²) < 4.78 is 2.37. The molecule has 0 fully saturated rings. The van der Waals surface area contributed by atoms with Gasteiger partial charge in [-0.25, -0.2) is 0 Å². The van der Waals surface area contributed by atoms with Gasteiger partial charge in [-0.3, -0.25) is 0 Å². The Balaban J connectivity index is 1.06. The van der Waals surface area contributed by atoms with Gasteiger partial charge >= 0.3 is 0 Å². The maximum absolute atomic E-state index is 2.38. The van der Waals surface area contributed by atoms with Gasteiger partial charge in [-0.05, 0) is 115 Å². The van der Waals surface area contributed by atoms with E-state index in [9.17, 15) is 0 Å². The van der Waals surface area contributed by atoms with Gasteiger partial charge in [-0.2, -0.15) is 0 Å². The van der Waals surface area contributed by atoms with Crippen molar-refractivity contribution in [3.63, 3.8) is 0 Å². The van der Waals surface area contributed by atoms with Gasteiger partial charge < -0.3 is 9.47 Å². The second kappa shape index (κ2) is 13.2. The zero-order chi connectivity index (χ0) is 37.0. The van der Waals surface area contributed by atoms with Crippen LogP contribution in [0.1, 0.15) is 0 Å². The summed E-state index contributed by atoms with van der Waals surface area (Å²) in [5, 5.41) is 10.1. The molecule has 0 N–H and O–H groups in total. The summed E-state index contributed by atoms with van der Waals surface area (Å²) >= 11 is 0. The molecule has 56 heavy (non-hydrogen) atoms. The van der Waals surface area contributed by atoms with Crippen LogP contribution in [0.2, 0.25) is 0 Å². The monoisotopic (exact) mass is 712 g/mol. The van der Waals surface area contributed by atoms with E-state index >= 15 is 0 Å². The van der Waals surface area contributed by atoms with Crippen LogP contribution in [0.4, 0.5) is 17.1 Å². The molecule has 0 aliphatic heterocycles. The van der Waals surface area contributed by atoms with Gasteiger partial charge in [0.05, 0.1) is 11.0 Å². The Kier molecular flexibility index (Phi) is 7.53. The van der Waals surface area contributed by atoms with E-state index in [1.165, 1.54) is 76.4 Å². The Bertz CT molecular complexity index is 3210. The highest BCUT2D eigenvalue weighted by atomic mass is 15.1. The maximum atomic E-state index is 2.38. The minimum Gasteiger partial charge on any atom is -0.310 e. The summed E-state index contributed by atoms with van der Waals surface area (Å²) in [5.41, 5.74) is 11.7. The summed E-state index contributed by atoms with van der Waals surface area (Å²) in [6, 6.07) is 79.4. The molecule has 2 heteroatoms. The molecule has 11 aromatic rings. The molecule has 0 aliphatic carbocycles. The van der Waals surface area contributed by atoms with Crippen molar-refractivity contribution >= 4 is 71.2 Å². The van der Waals surface area contributed by atoms with Gasteiger partial charge in [-0.15, -0.1) is 0 Å². The normalized spacial score (nSPS) is 11.6. The molecular formula is C54H36N2. The van der Waals surface area contributed by atoms with Crippen molar-refractivity contribution in [1.82, 2.24) is 4.57 Å². The highest BCUT2D eigenvalue weighted by Crippen LogP contribution is 2.42. The topological polar surface area (TPSA) is 8.17 Å². The highest BCUT2D eigenvalue weighted by molar-refractivity contribution is 6.22. The molecule has 0 bridgehead atoms. The number of benzene rings is 10. The number of aromatic nitrogens is 1. The molecular weight excluding hydrogens is 677 g/mol. The molecule has 0 saturated carbocycles. The third-order valence-electron chi connectivity index (χ3n) is 11.4. The minimum absolute atomic E-state index is 1.10. The summed E-state index contributed by atoms with van der Waals surface area (Å²) in [5.74, 6) is 0. The van der Waals surface area contributed by atoms with Gasteiger partial charge in [0.25, 0.3) is 0 Å². The van der Waals surface area contributed by atoms with Gasteiger partial charge in [0.1, 0.15) is 0 Å². The largest absolute Gasteiger partial charge is 0.310 e. The Morgan fingerprint density at radius 3 is 1.66 bits per heavy atom. The van der Waals surface area contributed by atoms with Crippen LogP contribution in [0.3, 0.4) is 0 Å². The molecule has 11 rings (SSSR count). The molecule has 262 valence electrons. The van der Waals surface area contributed by atoms with Gasteiger partial charge in [0, 0.05) is 33.5 Å². The molecule has 0 atom stereocenters. The van der Waals surface area contributed by atoms with E-state index in [0.29, 0.717) is 0 Å². The van der Waals surface area contributed by atoms with Crippen LogP contribution in [0, 0.1) is 0 Å². The van der Waals surface area contributed by atoms with Crippen LogP contribution < -0.4 is 4.90 Å². The molecule has 0 saturated heterocycles. The molecule has 1 aromatic heterocycles. The fourth-order valence-corrected chi connectivity index (χ4v) is 8.74. The molecule has 0 amide bonds. The Hall–Kier alpha value is -7.42. The molecule has 0 spiro atoms. The van der Waals surface area contributed by atoms with E-state index in [0.717, 1.165) is 22.7 Å². The Labute approximate surface area is 325 Å². The fourth-order valence-electron chi connectivity index (χ4n) is 8.74. The number of fused-ring (bicyclic) bond motifs is 8. The van der Waals surface area contributed by atoms with Crippen molar-refractivity contribution in [3.05, 3.63) is 218 Å². The fraction of sp³-hybridized carbons (Fsp3) is 0. The van der Waals surface area contributed by atoms with Crippen LogP contribution in [-0.2, 0) is 0 Å². The number of hydrogen-bond acceptors (Lipinski definition) is 1. The minimum atomic E-state index is 1.10. The zero-order valence-electron chi connectivity index (χ0n) is 30.7. The van der Waals surface area contributed by atoms with Crippen LogP contribution >= 0.6 is 0 Å². The molecule has 0 aliphatic rings. The summed E-state index contributed by atoms with van der Waals surface area (Å²) in [4.78, 5) is 2.38. The first kappa shape index (κ1) is 32.0. The number of rotatable bonds is 6. The second-order valence-corrected chi connectivity index (χ2v) is 14.5. The molecule has 2 nitrogen and oxygen atoms in total. The van der Waals surface area contributed by atoms with Crippen molar-refractivity contribution in [2.45, 2.75) is 0 Å². The van der Waals surface area contributed by atoms with Crippen molar-refractivity contribution in [3.8, 4) is 27.9 Å². The second-order valence-electron chi connectivity index (χ2n) is 14.5. The molecule has 0 radical (unpaired) electrons. The van der Waals surface area contributed by atoms with Crippen LogP contribution in [0.5, 0.6) is 0 Å². The summed E-state index contributed by atoms with van der Waals surface area (Å²) in [6.45, 7) is 0. The van der Waals surface area contributed by atoms with Crippen molar-refractivity contribution in [2.75, 3.05) is 4.90 Å². The highest BCUT2D eigenvalue weighted by Gasteiger charge is 2.18. The first-order valence-electron chi connectivity index (χ1n) is 19.3. The lowest BCUT2D eigenvalue weighted by Gasteiger charge is -2.26. The maximum Gasteiger partial charge on any atom is 0.0542 e. The van der Waals surface area contributed by atoms with Crippen molar-refractivity contribution in [1.29, 1.82) is 0 Å². The Morgan fingerprint density at radius 1 is 0.304 bits per heavy atom. The first-order valence-corrected chi connectivity index (χ1v) is 19.3.